The maximum atomic E-state index is 13.6. The molecule has 1 atom stereocenters. The maximum absolute atomic E-state index is 13.6. The summed E-state index contributed by atoms with van der Waals surface area (Å²) >= 11 is 0. The van der Waals surface area contributed by atoms with Crippen molar-refractivity contribution >= 4 is 15.9 Å². The molecule has 0 aromatic heterocycles. The molecule has 0 bridgehead atoms. The fraction of sp³-hybridized carbons (Fsp3) is 0.167. The van der Waals surface area contributed by atoms with E-state index in [4.69, 9.17) is 10.00 Å². The van der Waals surface area contributed by atoms with E-state index in [-0.39, 0.29) is 22.6 Å². The summed E-state index contributed by atoms with van der Waals surface area (Å²) in [7, 11) is -0.482. The van der Waals surface area contributed by atoms with Gasteiger partial charge in [0.25, 0.3) is 6.43 Å². The van der Waals surface area contributed by atoms with Crippen molar-refractivity contribution in [1.82, 2.24) is 0 Å². The molecule has 2 aromatic rings. The Labute approximate surface area is 145 Å². The lowest BCUT2D eigenvalue weighted by Crippen LogP contribution is -1.99. The Hall–Kier alpha value is -2.77. The second-order valence-corrected chi connectivity index (χ2v) is 6.97. The van der Waals surface area contributed by atoms with Crippen molar-refractivity contribution in [2.75, 3.05) is 6.26 Å². The predicted molar refractivity (Wildman–Crippen MR) is 90.8 cm³/mol. The van der Waals surface area contributed by atoms with E-state index < -0.39 is 28.3 Å². The summed E-state index contributed by atoms with van der Waals surface area (Å²) in [5.41, 5.74) is -0.682. The fourth-order valence-corrected chi connectivity index (χ4v) is 3.22. The van der Waals surface area contributed by atoms with Crippen LogP contribution in [0.15, 0.2) is 35.2 Å². The van der Waals surface area contributed by atoms with Crippen LogP contribution in [0.3, 0.4) is 0 Å². The van der Waals surface area contributed by atoms with Crippen LogP contribution in [-0.2, 0) is 0 Å². The minimum Gasteiger partial charge on any atom is -0.457 e. The fourth-order valence-electron chi connectivity index (χ4n) is 2.21. The van der Waals surface area contributed by atoms with E-state index in [9.17, 15) is 18.4 Å². The van der Waals surface area contributed by atoms with Crippen LogP contribution in [0.5, 0.6) is 11.5 Å². The lowest BCUT2D eigenvalue weighted by Gasteiger charge is -2.16. The quantitative estimate of drug-likeness (QED) is 0.686. The molecule has 0 radical (unpaired) electrons. The highest BCUT2D eigenvalue weighted by Crippen LogP contribution is 2.40. The number of nitrogens with zero attached hydrogens (tertiary/aromatic N) is 2. The van der Waals surface area contributed by atoms with Crippen LogP contribution < -0.4 is 4.74 Å². The highest BCUT2D eigenvalue weighted by molar-refractivity contribution is 8.14. The van der Waals surface area contributed by atoms with Crippen LogP contribution in [0, 0.1) is 28.5 Å². The van der Waals surface area contributed by atoms with Gasteiger partial charge in [-0.05, 0) is 37.4 Å². The molecule has 25 heavy (non-hydrogen) atoms. The van der Waals surface area contributed by atoms with Gasteiger partial charge in [-0.15, -0.1) is 0 Å². The van der Waals surface area contributed by atoms with Crippen LogP contribution in [0.2, 0.25) is 0 Å². The molecule has 0 aliphatic heterocycles. The Balaban J connectivity index is 2.61. The monoisotopic (exact) mass is 362 g/mol. The Morgan fingerprint density at radius 1 is 1.16 bits per heavy atom. The molecule has 2 aromatic carbocycles. The van der Waals surface area contributed by atoms with Crippen LogP contribution in [0.25, 0.3) is 0 Å². The minimum atomic E-state index is -2.94. The summed E-state index contributed by atoms with van der Waals surface area (Å²) in [6.45, 7) is 1.78. The van der Waals surface area contributed by atoms with Gasteiger partial charge in [-0.3, -0.25) is 0 Å². The first-order chi connectivity index (χ1) is 11.9. The Bertz CT molecular complexity index is 927. The maximum Gasteiger partial charge on any atom is 0.268 e. The number of alkyl halides is 2. The molecule has 0 aliphatic carbocycles. The van der Waals surface area contributed by atoms with E-state index in [0.717, 1.165) is 12.1 Å². The third-order valence-corrected chi connectivity index (χ3v) is 5.17. The molecule has 2 rings (SSSR count). The van der Waals surface area contributed by atoms with Gasteiger partial charge in [-0.2, -0.15) is 21.0 Å². The van der Waals surface area contributed by atoms with Gasteiger partial charge in [0.15, 0.2) is 0 Å². The van der Waals surface area contributed by atoms with Crippen LogP contribution in [0.4, 0.5) is 13.2 Å². The predicted octanol–water partition coefficient (Wildman–Crippen LogP) is 5.38. The summed E-state index contributed by atoms with van der Waals surface area (Å²) in [5, 5.41) is 20.0. The lowest BCUT2D eigenvalue weighted by atomic mass is 10.1. The molecule has 128 valence electrons. The van der Waals surface area contributed by atoms with Gasteiger partial charge < -0.3 is 4.74 Å². The Kier molecular flexibility index (Phi) is 5.84. The van der Waals surface area contributed by atoms with Crippen LogP contribution in [0.1, 0.15) is 30.0 Å². The van der Waals surface area contributed by atoms with Gasteiger partial charge in [0.2, 0.25) is 0 Å². The molecule has 1 unspecified atom stereocenters. The molecule has 3 nitrogen and oxygen atoms in total. The van der Waals surface area contributed by atoms with E-state index in [1.54, 1.807) is 19.1 Å². The van der Waals surface area contributed by atoms with Gasteiger partial charge in [0.1, 0.15) is 23.4 Å². The van der Waals surface area contributed by atoms with E-state index in [1.165, 1.54) is 12.1 Å². The first-order valence-electron chi connectivity index (χ1n) is 7.09. The van der Waals surface area contributed by atoms with E-state index in [0.29, 0.717) is 4.90 Å². The smallest absolute Gasteiger partial charge is 0.268 e. The third kappa shape index (κ3) is 4.01. The molecular weight excluding hydrogens is 349 g/mol. The minimum absolute atomic E-state index is 0.00131. The SMILES string of the molecule is C/C=S(/C)c1ccc(Oc2cc(F)cc(C#N)c2)c(C(F)F)c1C#N. The average Bonchev–Trinajstić information content (AvgIpc) is 2.59. The average molecular weight is 362 g/mol. The summed E-state index contributed by atoms with van der Waals surface area (Å²) in [5.74, 6) is -1.05. The van der Waals surface area contributed by atoms with Crippen molar-refractivity contribution in [3.63, 3.8) is 0 Å². The standard InChI is InChI=1S/C18H13F3N2OS/c1-3-25(2)16-5-4-15(17(18(20)21)14(16)10-23)24-13-7-11(9-22)6-12(19)8-13/h3-8,18H,1-2H3. The number of hydrogen-bond donors (Lipinski definition) is 0. The van der Waals surface area contributed by atoms with Crippen molar-refractivity contribution in [2.45, 2.75) is 18.2 Å². The first-order valence-corrected chi connectivity index (χ1v) is 8.78. The molecule has 0 N–H and O–H groups in total. The number of rotatable bonds is 4. The lowest BCUT2D eigenvalue weighted by molar-refractivity contribution is 0.147. The van der Waals surface area contributed by atoms with Gasteiger partial charge in [-0.1, -0.05) is 5.37 Å². The van der Waals surface area contributed by atoms with Gasteiger partial charge in [-0.25, -0.2) is 13.2 Å². The van der Waals surface area contributed by atoms with Gasteiger partial charge >= 0.3 is 0 Å². The number of hydrogen-bond acceptors (Lipinski definition) is 3. The second kappa shape index (κ2) is 7.87. The zero-order valence-electron chi connectivity index (χ0n) is 13.4. The Morgan fingerprint density at radius 2 is 1.88 bits per heavy atom. The molecule has 0 heterocycles. The number of halogens is 3. The molecule has 0 spiro atoms. The summed E-state index contributed by atoms with van der Waals surface area (Å²) < 4.78 is 46.0. The molecule has 0 aliphatic rings. The zero-order chi connectivity index (χ0) is 18.6. The molecular formula is C18H13F3N2OS. The van der Waals surface area contributed by atoms with Crippen LogP contribution >= 0.6 is 10.5 Å². The summed E-state index contributed by atoms with van der Waals surface area (Å²) in [4.78, 5) is 0.490. The summed E-state index contributed by atoms with van der Waals surface area (Å²) in [6.07, 6.45) is -1.12. The molecule has 0 amide bonds. The van der Waals surface area contributed by atoms with Crippen molar-refractivity contribution < 1.29 is 17.9 Å². The number of benzene rings is 2. The van der Waals surface area contributed by atoms with Crippen molar-refractivity contribution in [3.05, 3.63) is 52.8 Å². The van der Waals surface area contributed by atoms with Crippen molar-refractivity contribution in [3.8, 4) is 23.6 Å². The summed E-state index contributed by atoms with van der Waals surface area (Å²) in [6, 6.07) is 9.70. The zero-order valence-corrected chi connectivity index (χ0v) is 14.2. The molecule has 7 heteroatoms. The van der Waals surface area contributed by atoms with Gasteiger partial charge in [0.05, 0.1) is 22.8 Å². The number of nitriles is 2. The highest BCUT2D eigenvalue weighted by Gasteiger charge is 2.23. The second-order valence-electron chi connectivity index (χ2n) is 4.95. The van der Waals surface area contributed by atoms with Gasteiger partial charge in [0, 0.05) is 11.0 Å². The molecule has 0 fully saturated rings. The van der Waals surface area contributed by atoms with Crippen LogP contribution in [-0.4, -0.2) is 11.6 Å². The third-order valence-electron chi connectivity index (χ3n) is 3.43. The van der Waals surface area contributed by atoms with E-state index >= 15 is 0 Å². The van der Waals surface area contributed by atoms with Crippen molar-refractivity contribution in [2.24, 2.45) is 0 Å². The highest BCUT2D eigenvalue weighted by atomic mass is 32.2. The topological polar surface area (TPSA) is 56.8 Å². The van der Waals surface area contributed by atoms with Crippen molar-refractivity contribution in [1.29, 1.82) is 10.5 Å². The number of ether oxygens (including phenoxy) is 1. The van der Waals surface area contributed by atoms with E-state index in [1.807, 2.05) is 17.7 Å². The first kappa shape index (κ1) is 18.6. The molecule has 0 saturated carbocycles. The normalized spacial score (nSPS) is 11.8. The Morgan fingerprint density at radius 3 is 2.44 bits per heavy atom. The largest absolute Gasteiger partial charge is 0.457 e. The molecule has 0 saturated heterocycles. The van der Waals surface area contributed by atoms with E-state index in [2.05, 4.69) is 0 Å².